The maximum atomic E-state index is 9.70. The van der Waals surface area contributed by atoms with Crippen molar-refractivity contribution < 1.29 is 8.76 Å². The molecule has 7 heavy (non-hydrogen) atoms. The molecule has 2 nitrogen and oxygen atoms in total. The second kappa shape index (κ2) is 4.56. The van der Waals surface area contributed by atoms with E-state index in [1.165, 1.54) is 0 Å². The summed E-state index contributed by atoms with van der Waals surface area (Å²) in [5, 5.41) is 0. The number of rotatable bonds is 3. The van der Waals surface area contributed by atoms with Crippen LogP contribution in [0.2, 0.25) is 0 Å². The van der Waals surface area contributed by atoms with Gasteiger partial charge in [-0.1, -0.05) is 11.1 Å². The molecule has 0 spiro atoms. The lowest BCUT2D eigenvalue weighted by Crippen LogP contribution is -1.94. The lowest BCUT2D eigenvalue weighted by molar-refractivity contribution is 0.536. The van der Waals surface area contributed by atoms with E-state index in [0.717, 1.165) is 0 Å². The van der Waals surface area contributed by atoms with Crippen molar-refractivity contribution >= 4 is 22.7 Å². The Morgan fingerprint density at radius 1 is 1.71 bits per heavy atom. The van der Waals surface area contributed by atoms with Gasteiger partial charge in [-0.05, 0) is 6.42 Å². The average molecular weight is 142 g/mol. The molecule has 0 radical (unpaired) electrons. The Balaban J connectivity index is 2.82. The Labute approximate surface area is 50.1 Å². The summed E-state index contributed by atoms with van der Waals surface area (Å²) in [6, 6.07) is 0. The third kappa shape index (κ3) is 6.40. The highest BCUT2D eigenvalue weighted by Crippen LogP contribution is 1.84. The van der Waals surface area contributed by atoms with Gasteiger partial charge in [0.15, 0.2) is 0 Å². The molecule has 0 aromatic carbocycles. The lowest BCUT2D eigenvalue weighted by Gasteiger charge is -1.99. The predicted molar refractivity (Wildman–Crippen MR) is 29.1 cm³/mol. The third-order valence-electron chi connectivity index (χ3n) is 0.445. The highest BCUT2D eigenvalue weighted by atomic mass is 35.5. The largest absolute Gasteiger partial charge is 0.772 e. The van der Waals surface area contributed by atoms with E-state index >= 15 is 0 Å². The van der Waals surface area contributed by atoms with Crippen LogP contribution in [0, 0.1) is 0 Å². The van der Waals surface area contributed by atoms with E-state index in [2.05, 4.69) is 0 Å². The quantitative estimate of drug-likeness (QED) is 0.424. The minimum Gasteiger partial charge on any atom is -0.772 e. The summed E-state index contributed by atoms with van der Waals surface area (Å²) >= 11 is 3.27. The fourth-order valence-electron chi connectivity index (χ4n) is 0.172. The van der Waals surface area contributed by atoms with E-state index in [1.54, 1.807) is 0 Å². The first-order valence-electron chi connectivity index (χ1n) is 1.89. The van der Waals surface area contributed by atoms with Crippen molar-refractivity contribution in [2.24, 2.45) is 0 Å². The van der Waals surface area contributed by atoms with Gasteiger partial charge >= 0.3 is 0 Å². The molecule has 1 atom stereocenters. The Kier molecular flexibility index (Phi) is 4.82. The molecule has 0 heterocycles. The van der Waals surface area contributed by atoms with Gasteiger partial charge in [0, 0.05) is 11.6 Å². The first-order valence-corrected chi connectivity index (χ1v) is 3.67. The van der Waals surface area contributed by atoms with Crippen molar-refractivity contribution in [1.29, 1.82) is 0 Å². The van der Waals surface area contributed by atoms with Gasteiger partial charge in [0.05, 0.1) is 0 Å². The maximum Gasteiger partial charge on any atom is 0.0231 e. The molecule has 0 saturated heterocycles. The molecule has 0 aliphatic rings. The molecule has 0 aromatic rings. The standard InChI is InChI=1S/C3H7ClO2S/c4-2-1-3-7(5)6/h1-3H2,(H,5,6)/p-1. The fourth-order valence-corrected chi connectivity index (χ4v) is 0.845. The van der Waals surface area contributed by atoms with Crippen molar-refractivity contribution in [2.45, 2.75) is 6.42 Å². The molecule has 0 aliphatic heterocycles. The number of alkyl halides is 1. The SMILES string of the molecule is O=S([O-])CCCCl. The molecule has 4 heteroatoms. The van der Waals surface area contributed by atoms with E-state index in [9.17, 15) is 8.76 Å². The zero-order valence-corrected chi connectivity index (χ0v) is 5.30. The highest BCUT2D eigenvalue weighted by molar-refractivity contribution is 7.79. The van der Waals surface area contributed by atoms with Crippen molar-refractivity contribution in [2.75, 3.05) is 11.6 Å². The molecule has 0 rings (SSSR count). The normalized spacial score (nSPS) is 14.0. The number of halogens is 1. The van der Waals surface area contributed by atoms with E-state index < -0.39 is 11.1 Å². The van der Waals surface area contributed by atoms with Gasteiger partial charge in [-0.3, -0.25) is 4.21 Å². The minimum atomic E-state index is -1.90. The van der Waals surface area contributed by atoms with Gasteiger partial charge in [0.2, 0.25) is 0 Å². The monoisotopic (exact) mass is 141 g/mol. The second-order valence-corrected chi connectivity index (χ2v) is 2.44. The van der Waals surface area contributed by atoms with Crippen LogP contribution in [0.4, 0.5) is 0 Å². The maximum absolute atomic E-state index is 9.70. The zero-order valence-electron chi connectivity index (χ0n) is 3.72. The molecular weight excluding hydrogens is 136 g/mol. The van der Waals surface area contributed by atoms with Gasteiger partial charge in [-0.15, -0.1) is 11.6 Å². The summed E-state index contributed by atoms with van der Waals surface area (Å²) in [5.74, 6) is 0.609. The Hall–Kier alpha value is 0.400. The smallest absolute Gasteiger partial charge is 0.0231 e. The first-order chi connectivity index (χ1) is 3.27. The van der Waals surface area contributed by atoms with E-state index in [4.69, 9.17) is 11.6 Å². The summed E-state index contributed by atoms with van der Waals surface area (Å²) in [7, 11) is 0. The van der Waals surface area contributed by atoms with Crippen LogP contribution in [0.1, 0.15) is 6.42 Å². The van der Waals surface area contributed by atoms with E-state index in [1.807, 2.05) is 0 Å². The molecule has 0 N–H and O–H groups in total. The van der Waals surface area contributed by atoms with Gasteiger partial charge in [0.25, 0.3) is 0 Å². The summed E-state index contributed by atoms with van der Waals surface area (Å²) < 4.78 is 19.4. The Bertz CT molecular complexity index is 66.0. The molecule has 1 unspecified atom stereocenters. The first kappa shape index (κ1) is 7.40. The van der Waals surface area contributed by atoms with Gasteiger partial charge in [-0.2, -0.15) is 0 Å². The van der Waals surface area contributed by atoms with Crippen LogP contribution in [0.25, 0.3) is 0 Å². The van der Waals surface area contributed by atoms with E-state index in [-0.39, 0.29) is 5.75 Å². The molecule has 0 amide bonds. The van der Waals surface area contributed by atoms with Crippen molar-refractivity contribution in [3.63, 3.8) is 0 Å². The number of hydrogen-bond acceptors (Lipinski definition) is 2. The highest BCUT2D eigenvalue weighted by Gasteiger charge is 1.80. The van der Waals surface area contributed by atoms with Crippen LogP contribution in [0.3, 0.4) is 0 Å². The van der Waals surface area contributed by atoms with Crippen molar-refractivity contribution in [1.82, 2.24) is 0 Å². The zero-order chi connectivity index (χ0) is 5.70. The van der Waals surface area contributed by atoms with Crippen molar-refractivity contribution in [3.05, 3.63) is 0 Å². The summed E-state index contributed by atoms with van der Waals surface area (Å²) in [6.45, 7) is 0. The van der Waals surface area contributed by atoms with Crippen LogP contribution in [-0.4, -0.2) is 20.4 Å². The van der Waals surface area contributed by atoms with Crippen LogP contribution in [0.5, 0.6) is 0 Å². The van der Waals surface area contributed by atoms with Crippen molar-refractivity contribution in [3.8, 4) is 0 Å². The third-order valence-corrected chi connectivity index (χ3v) is 1.33. The van der Waals surface area contributed by atoms with Gasteiger partial charge in [-0.25, -0.2) is 0 Å². The number of hydrogen-bond donors (Lipinski definition) is 0. The minimum absolute atomic E-state index is 0.184. The van der Waals surface area contributed by atoms with Gasteiger partial charge in [0.1, 0.15) is 0 Å². The molecule has 0 bridgehead atoms. The summed E-state index contributed by atoms with van der Waals surface area (Å²) in [5.41, 5.74) is 0. The Morgan fingerprint density at radius 2 is 2.29 bits per heavy atom. The fraction of sp³-hybridized carbons (Fsp3) is 1.00. The average Bonchev–Trinajstić information content (AvgIpc) is 1.61. The molecule has 0 fully saturated rings. The Morgan fingerprint density at radius 3 is 2.43 bits per heavy atom. The molecular formula is C3H6ClO2S-. The lowest BCUT2D eigenvalue weighted by atomic mass is 10.6. The van der Waals surface area contributed by atoms with Crippen LogP contribution >= 0.6 is 11.6 Å². The molecule has 44 valence electrons. The summed E-state index contributed by atoms with van der Waals surface area (Å²) in [4.78, 5) is 0. The molecule has 0 saturated carbocycles. The summed E-state index contributed by atoms with van der Waals surface area (Å²) in [6.07, 6.45) is 0.553. The van der Waals surface area contributed by atoms with Gasteiger partial charge < -0.3 is 4.55 Å². The van der Waals surface area contributed by atoms with E-state index in [0.29, 0.717) is 12.3 Å². The second-order valence-electron chi connectivity index (χ2n) is 1.05. The topological polar surface area (TPSA) is 40.1 Å². The molecule has 0 aromatic heterocycles. The van der Waals surface area contributed by atoms with Crippen LogP contribution < -0.4 is 0 Å². The predicted octanol–water partition coefficient (Wildman–Crippen LogP) is 0.494. The molecule has 0 aliphatic carbocycles. The van der Waals surface area contributed by atoms with Crippen LogP contribution in [0.15, 0.2) is 0 Å². The van der Waals surface area contributed by atoms with Crippen LogP contribution in [-0.2, 0) is 11.1 Å².